The summed E-state index contributed by atoms with van der Waals surface area (Å²) in [5.74, 6) is 0.460. The molecule has 4 amide bonds. The number of amides is 4. The Hall–Kier alpha value is -1.59. The number of urea groups is 1. The first-order chi connectivity index (χ1) is 11.0. The smallest absolute Gasteiger partial charge is 0.322 e. The standard InChI is InChI=1S/C17H27N3O3/c1-12-7-9-17(10-8-12)15(22)20(16(23)18-17)19-14(21)11-13-5-3-2-4-6-13/h12-13H,2-11H2,1H3,(H,18,23)(H,19,21). The van der Waals surface area contributed by atoms with Gasteiger partial charge in [0, 0.05) is 6.42 Å². The number of hydrazine groups is 1. The van der Waals surface area contributed by atoms with E-state index in [1.54, 1.807) is 0 Å². The van der Waals surface area contributed by atoms with Crippen LogP contribution in [0.15, 0.2) is 0 Å². The lowest BCUT2D eigenvalue weighted by atomic mass is 9.77. The van der Waals surface area contributed by atoms with E-state index in [1.807, 2.05) is 0 Å². The highest BCUT2D eigenvalue weighted by atomic mass is 16.2. The molecule has 3 aliphatic rings. The number of carbonyl (C=O) groups excluding carboxylic acids is 3. The first-order valence-corrected chi connectivity index (χ1v) is 8.96. The average molecular weight is 321 g/mol. The number of hydrogen-bond acceptors (Lipinski definition) is 3. The van der Waals surface area contributed by atoms with Gasteiger partial charge in [-0.05, 0) is 50.4 Å². The van der Waals surface area contributed by atoms with Crippen molar-refractivity contribution in [2.45, 2.75) is 76.7 Å². The molecule has 0 bridgehead atoms. The highest BCUT2D eigenvalue weighted by Gasteiger charge is 2.52. The molecular weight excluding hydrogens is 294 g/mol. The first kappa shape index (κ1) is 16.3. The number of carbonyl (C=O) groups is 3. The van der Waals surface area contributed by atoms with Gasteiger partial charge in [-0.1, -0.05) is 26.2 Å². The zero-order valence-electron chi connectivity index (χ0n) is 13.9. The van der Waals surface area contributed by atoms with Crippen molar-refractivity contribution in [1.82, 2.24) is 15.8 Å². The fraction of sp³-hybridized carbons (Fsp3) is 0.824. The Morgan fingerprint density at radius 2 is 1.83 bits per heavy atom. The maximum atomic E-state index is 12.7. The Balaban J connectivity index is 1.58. The first-order valence-electron chi connectivity index (χ1n) is 8.96. The highest BCUT2D eigenvalue weighted by Crippen LogP contribution is 2.36. The molecule has 23 heavy (non-hydrogen) atoms. The molecule has 1 heterocycles. The lowest BCUT2D eigenvalue weighted by Gasteiger charge is -2.33. The van der Waals surface area contributed by atoms with Crippen molar-refractivity contribution in [3.8, 4) is 0 Å². The maximum Gasteiger partial charge on any atom is 0.344 e. The molecule has 0 radical (unpaired) electrons. The van der Waals surface area contributed by atoms with E-state index in [0.29, 0.717) is 31.1 Å². The van der Waals surface area contributed by atoms with Gasteiger partial charge in [-0.25, -0.2) is 4.79 Å². The molecule has 1 aliphatic heterocycles. The molecule has 3 fully saturated rings. The van der Waals surface area contributed by atoms with Gasteiger partial charge in [0.2, 0.25) is 5.91 Å². The number of rotatable bonds is 3. The molecule has 2 N–H and O–H groups in total. The lowest BCUT2D eigenvalue weighted by Crippen LogP contribution is -2.51. The summed E-state index contributed by atoms with van der Waals surface area (Å²) >= 11 is 0. The van der Waals surface area contributed by atoms with Crippen LogP contribution in [0.5, 0.6) is 0 Å². The van der Waals surface area contributed by atoms with E-state index in [-0.39, 0.29) is 11.8 Å². The van der Waals surface area contributed by atoms with Gasteiger partial charge < -0.3 is 5.32 Å². The predicted molar refractivity (Wildman–Crippen MR) is 85.1 cm³/mol. The third kappa shape index (κ3) is 3.35. The second-order valence-corrected chi connectivity index (χ2v) is 7.58. The van der Waals surface area contributed by atoms with Crippen molar-refractivity contribution in [2.75, 3.05) is 0 Å². The van der Waals surface area contributed by atoms with E-state index >= 15 is 0 Å². The van der Waals surface area contributed by atoms with E-state index < -0.39 is 11.6 Å². The summed E-state index contributed by atoms with van der Waals surface area (Å²) in [7, 11) is 0. The lowest BCUT2D eigenvalue weighted by molar-refractivity contribution is -0.140. The topological polar surface area (TPSA) is 78.5 Å². The van der Waals surface area contributed by atoms with E-state index in [1.165, 1.54) is 19.3 Å². The summed E-state index contributed by atoms with van der Waals surface area (Å²) in [5, 5.41) is 3.74. The van der Waals surface area contributed by atoms with Crippen LogP contribution in [0.2, 0.25) is 0 Å². The molecule has 1 spiro atoms. The molecule has 2 aliphatic carbocycles. The van der Waals surface area contributed by atoms with Gasteiger partial charge in [0.15, 0.2) is 0 Å². The predicted octanol–water partition coefficient (Wildman–Crippen LogP) is 2.49. The number of nitrogens with zero attached hydrogens (tertiary/aromatic N) is 1. The molecule has 128 valence electrons. The largest absolute Gasteiger partial charge is 0.344 e. The second kappa shape index (κ2) is 6.49. The van der Waals surface area contributed by atoms with E-state index in [9.17, 15) is 14.4 Å². The van der Waals surface area contributed by atoms with Crippen molar-refractivity contribution in [3.05, 3.63) is 0 Å². The minimum Gasteiger partial charge on any atom is -0.322 e. The van der Waals surface area contributed by atoms with Crippen LogP contribution in [-0.2, 0) is 9.59 Å². The Morgan fingerprint density at radius 3 is 2.48 bits per heavy atom. The molecule has 0 aromatic heterocycles. The van der Waals surface area contributed by atoms with Gasteiger partial charge in [-0.3, -0.25) is 15.0 Å². The van der Waals surface area contributed by atoms with Crippen molar-refractivity contribution < 1.29 is 14.4 Å². The van der Waals surface area contributed by atoms with Crippen LogP contribution in [0.1, 0.15) is 71.1 Å². The fourth-order valence-corrected chi connectivity index (χ4v) is 4.14. The monoisotopic (exact) mass is 321 g/mol. The zero-order valence-corrected chi connectivity index (χ0v) is 13.9. The quantitative estimate of drug-likeness (QED) is 0.784. The SMILES string of the molecule is CC1CCC2(CC1)NC(=O)N(NC(=O)CC1CCCCC1)C2=O. The van der Waals surface area contributed by atoms with E-state index in [2.05, 4.69) is 17.7 Å². The summed E-state index contributed by atoms with van der Waals surface area (Å²) in [4.78, 5) is 37.0. The molecule has 1 saturated heterocycles. The molecule has 0 atom stereocenters. The van der Waals surface area contributed by atoms with Crippen molar-refractivity contribution >= 4 is 17.8 Å². The molecule has 6 heteroatoms. The van der Waals surface area contributed by atoms with Gasteiger partial charge in [0.05, 0.1) is 0 Å². The zero-order chi connectivity index (χ0) is 16.4. The summed E-state index contributed by atoms with van der Waals surface area (Å²) in [5.41, 5.74) is 1.75. The minimum atomic E-state index is -0.790. The van der Waals surface area contributed by atoms with Crippen LogP contribution in [0, 0.1) is 11.8 Å². The van der Waals surface area contributed by atoms with Crippen molar-refractivity contribution in [2.24, 2.45) is 11.8 Å². The van der Waals surface area contributed by atoms with Crippen LogP contribution >= 0.6 is 0 Å². The van der Waals surface area contributed by atoms with Crippen LogP contribution in [0.3, 0.4) is 0 Å². The second-order valence-electron chi connectivity index (χ2n) is 7.58. The summed E-state index contributed by atoms with van der Waals surface area (Å²) < 4.78 is 0. The summed E-state index contributed by atoms with van der Waals surface area (Å²) in [6.07, 6.45) is 9.29. The van der Waals surface area contributed by atoms with Gasteiger partial charge >= 0.3 is 6.03 Å². The minimum absolute atomic E-state index is 0.221. The Kier molecular flexibility index (Phi) is 4.60. The van der Waals surface area contributed by atoms with Crippen LogP contribution < -0.4 is 10.7 Å². The number of imide groups is 1. The van der Waals surface area contributed by atoms with E-state index in [0.717, 1.165) is 30.7 Å². The molecule has 0 aromatic carbocycles. The summed E-state index contributed by atoms with van der Waals surface area (Å²) in [6, 6.07) is -0.485. The summed E-state index contributed by atoms with van der Waals surface area (Å²) in [6.45, 7) is 2.16. The average Bonchev–Trinajstić information content (AvgIpc) is 2.76. The van der Waals surface area contributed by atoms with Crippen LogP contribution in [-0.4, -0.2) is 28.4 Å². The van der Waals surface area contributed by atoms with E-state index in [4.69, 9.17) is 0 Å². The Morgan fingerprint density at radius 1 is 1.17 bits per heavy atom. The Bertz CT molecular complexity index is 491. The molecule has 6 nitrogen and oxygen atoms in total. The van der Waals surface area contributed by atoms with Crippen molar-refractivity contribution in [3.63, 3.8) is 0 Å². The maximum absolute atomic E-state index is 12.7. The fourth-order valence-electron chi connectivity index (χ4n) is 4.14. The third-order valence-electron chi connectivity index (χ3n) is 5.72. The normalized spacial score (nSPS) is 32.2. The van der Waals surface area contributed by atoms with Crippen LogP contribution in [0.25, 0.3) is 0 Å². The molecular formula is C17H27N3O3. The molecule has 0 aromatic rings. The van der Waals surface area contributed by atoms with Gasteiger partial charge in [-0.2, -0.15) is 5.01 Å². The van der Waals surface area contributed by atoms with Gasteiger partial charge in [0.25, 0.3) is 5.91 Å². The molecule has 3 rings (SSSR count). The van der Waals surface area contributed by atoms with Gasteiger partial charge in [-0.15, -0.1) is 0 Å². The Labute approximate surface area is 137 Å². The van der Waals surface area contributed by atoms with Crippen LogP contribution in [0.4, 0.5) is 4.79 Å². The third-order valence-corrected chi connectivity index (χ3v) is 5.72. The van der Waals surface area contributed by atoms with Gasteiger partial charge in [0.1, 0.15) is 5.54 Å². The number of hydrogen-bond donors (Lipinski definition) is 2. The molecule has 2 saturated carbocycles. The molecule has 0 unspecified atom stereocenters. The number of nitrogens with one attached hydrogen (secondary N) is 2. The highest BCUT2D eigenvalue weighted by molar-refractivity contribution is 6.08. The van der Waals surface area contributed by atoms with Crippen molar-refractivity contribution in [1.29, 1.82) is 0 Å².